The largest absolute Gasteiger partial charge is 0.457 e. The van der Waals surface area contributed by atoms with E-state index in [9.17, 15) is 0 Å². The lowest BCUT2D eigenvalue weighted by molar-refractivity contribution is 0.479. The summed E-state index contributed by atoms with van der Waals surface area (Å²) in [7, 11) is 0. The first-order valence-electron chi connectivity index (χ1n) is 5.49. The van der Waals surface area contributed by atoms with E-state index in [1.54, 1.807) is 0 Å². The van der Waals surface area contributed by atoms with Gasteiger partial charge in [0.15, 0.2) is 0 Å². The third kappa shape index (κ3) is 2.00. The van der Waals surface area contributed by atoms with Gasteiger partial charge in [0.25, 0.3) is 0 Å². The van der Waals surface area contributed by atoms with Crippen LogP contribution in [0.25, 0.3) is 11.0 Å². The van der Waals surface area contributed by atoms with Crippen molar-refractivity contribution in [2.75, 3.05) is 5.73 Å². The van der Waals surface area contributed by atoms with E-state index >= 15 is 0 Å². The van der Waals surface area contributed by atoms with Crippen LogP contribution in [0.5, 0.6) is 11.5 Å². The van der Waals surface area contributed by atoms with Crippen molar-refractivity contribution in [3.8, 4) is 11.5 Å². The maximum Gasteiger partial charge on any atom is 0.130 e. The van der Waals surface area contributed by atoms with Crippen molar-refractivity contribution >= 4 is 28.4 Å². The zero-order chi connectivity index (χ0) is 12.5. The van der Waals surface area contributed by atoms with Gasteiger partial charge in [-0.2, -0.15) is 8.75 Å². The van der Waals surface area contributed by atoms with Gasteiger partial charge in [0, 0.05) is 11.8 Å². The molecule has 18 heavy (non-hydrogen) atoms. The molecule has 3 rings (SSSR count). The number of fused-ring (bicyclic) bond motifs is 1. The Bertz CT molecular complexity index is 708. The second kappa shape index (κ2) is 4.27. The number of ether oxygens (including phenoxy) is 1. The number of hydrogen-bond acceptors (Lipinski definition) is 5. The maximum atomic E-state index is 5.82. The zero-order valence-electron chi connectivity index (χ0n) is 9.75. The standard InChI is InChI=1S/C13H11N3OS/c1-8-6-9(14)2-5-13(8)17-10-3-4-11-12(7-10)16-18-15-11/h2-7H,14H2,1H3. The predicted molar refractivity (Wildman–Crippen MR) is 73.1 cm³/mol. The first-order valence-corrected chi connectivity index (χ1v) is 6.22. The van der Waals surface area contributed by atoms with Gasteiger partial charge in [-0.05, 0) is 42.8 Å². The smallest absolute Gasteiger partial charge is 0.130 e. The molecule has 3 aromatic rings. The Labute approximate surface area is 108 Å². The number of nitrogens with zero attached hydrogens (tertiary/aromatic N) is 2. The van der Waals surface area contributed by atoms with Crippen LogP contribution in [0.2, 0.25) is 0 Å². The van der Waals surface area contributed by atoms with Crippen LogP contribution in [0.3, 0.4) is 0 Å². The molecule has 0 atom stereocenters. The minimum atomic E-state index is 0.735. The number of nitrogen functional groups attached to an aromatic ring is 1. The average Bonchev–Trinajstić information content (AvgIpc) is 2.80. The fourth-order valence-electron chi connectivity index (χ4n) is 1.74. The molecule has 4 nitrogen and oxygen atoms in total. The monoisotopic (exact) mass is 257 g/mol. The molecule has 0 aliphatic carbocycles. The van der Waals surface area contributed by atoms with Gasteiger partial charge in [0.05, 0.1) is 11.7 Å². The minimum Gasteiger partial charge on any atom is -0.457 e. The van der Waals surface area contributed by atoms with Gasteiger partial charge in [-0.15, -0.1) is 0 Å². The third-order valence-electron chi connectivity index (χ3n) is 2.65. The van der Waals surface area contributed by atoms with Crippen molar-refractivity contribution < 1.29 is 4.74 Å². The lowest BCUT2D eigenvalue weighted by atomic mass is 10.2. The van der Waals surface area contributed by atoms with E-state index in [0.29, 0.717) is 0 Å². The summed E-state index contributed by atoms with van der Waals surface area (Å²) < 4.78 is 14.2. The van der Waals surface area contributed by atoms with Gasteiger partial charge in [-0.1, -0.05) is 0 Å². The summed E-state index contributed by atoms with van der Waals surface area (Å²) in [5.41, 5.74) is 9.19. The molecule has 90 valence electrons. The molecule has 0 aliphatic rings. The lowest BCUT2D eigenvalue weighted by Crippen LogP contribution is -1.90. The highest BCUT2D eigenvalue weighted by molar-refractivity contribution is 7.00. The summed E-state index contributed by atoms with van der Waals surface area (Å²) in [6.07, 6.45) is 0. The van der Waals surface area contributed by atoms with Crippen molar-refractivity contribution in [1.29, 1.82) is 0 Å². The fourth-order valence-corrected chi connectivity index (χ4v) is 2.26. The Balaban J connectivity index is 1.95. The molecule has 0 spiro atoms. The Morgan fingerprint density at radius 2 is 1.89 bits per heavy atom. The van der Waals surface area contributed by atoms with Crippen LogP contribution in [0.15, 0.2) is 36.4 Å². The van der Waals surface area contributed by atoms with Crippen molar-refractivity contribution in [3.63, 3.8) is 0 Å². The first-order chi connectivity index (χ1) is 8.72. The molecule has 0 radical (unpaired) electrons. The maximum absolute atomic E-state index is 5.82. The number of rotatable bonds is 2. The molecule has 5 heteroatoms. The SMILES string of the molecule is Cc1cc(N)ccc1Oc1ccc2nsnc2c1. The van der Waals surface area contributed by atoms with Crippen LogP contribution in [-0.2, 0) is 0 Å². The van der Waals surface area contributed by atoms with E-state index in [-0.39, 0.29) is 0 Å². The molecule has 2 N–H and O–H groups in total. The normalized spacial score (nSPS) is 10.7. The molecule has 1 aromatic heterocycles. The van der Waals surface area contributed by atoms with Gasteiger partial charge in [0.1, 0.15) is 22.5 Å². The van der Waals surface area contributed by atoms with E-state index in [2.05, 4.69) is 8.75 Å². The van der Waals surface area contributed by atoms with E-state index in [1.165, 1.54) is 11.7 Å². The lowest BCUT2D eigenvalue weighted by Gasteiger charge is -2.08. The number of nitrogens with two attached hydrogens (primary N) is 1. The zero-order valence-corrected chi connectivity index (χ0v) is 10.6. The molecule has 0 fully saturated rings. The van der Waals surface area contributed by atoms with E-state index in [1.807, 2.05) is 43.3 Å². The molecular weight excluding hydrogens is 246 g/mol. The highest BCUT2D eigenvalue weighted by atomic mass is 32.1. The molecule has 1 heterocycles. The Kier molecular flexibility index (Phi) is 2.60. The number of aromatic nitrogens is 2. The third-order valence-corrected chi connectivity index (χ3v) is 3.21. The van der Waals surface area contributed by atoms with Crippen molar-refractivity contribution in [1.82, 2.24) is 8.75 Å². The quantitative estimate of drug-likeness (QED) is 0.715. The molecule has 0 aliphatic heterocycles. The molecule has 0 saturated heterocycles. The summed E-state index contributed by atoms with van der Waals surface area (Å²) in [6, 6.07) is 11.3. The highest BCUT2D eigenvalue weighted by Crippen LogP contribution is 2.28. The first kappa shape index (κ1) is 11.0. The van der Waals surface area contributed by atoms with Crippen LogP contribution in [0.4, 0.5) is 5.69 Å². The van der Waals surface area contributed by atoms with Gasteiger partial charge < -0.3 is 10.5 Å². The Morgan fingerprint density at radius 3 is 2.72 bits per heavy atom. The summed E-state index contributed by atoms with van der Waals surface area (Å²) in [5.74, 6) is 1.55. The highest BCUT2D eigenvalue weighted by Gasteiger charge is 2.04. The van der Waals surface area contributed by atoms with E-state index in [4.69, 9.17) is 10.5 Å². The van der Waals surface area contributed by atoms with E-state index < -0.39 is 0 Å². The topological polar surface area (TPSA) is 61.0 Å². The van der Waals surface area contributed by atoms with Crippen LogP contribution in [-0.4, -0.2) is 8.75 Å². The van der Waals surface area contributed by atoms with Crippen LogP contribution < -0.4 is 10.5 Å². The number of anilines is 1. The van der Waals surface area contributed by atoms with E-state index in [0.717, 1.165) is 33.8 Å². The average molecular weight is 257 g/mol. The summed E-state index contributed by atoms with van der Waals surface area (Å²) in [6.45, 7) is 1.97. The Morgan fingerprint density at radius 1 is 1.06 bits per heavy atom. The van der Waals surface area contributed by atoms with Crippen LogP contribution in [0, 0.1) is 6.92 Å². The molecule has 0 saturated carbocycles. The summed E-state index contributed by atoms with van der Waals surface area (Å²) in [4.78, 5) is 0. The minimum absolute atomic E-state index is 0.735. The van der Waals surface area contributed by atoms with Crippen LogP contribution >= 0.6 is 11.7 Å². The number of aryl methyl sites for hydroxylation is 1. The predicted octanol–water partition coefficient (Wildman–Crippen LogP) is 3.37. The van der Waals surface area contributed by atoms with Crippen LogP contribution in [0.1, 0.15) is 5.56 Å². The molecule has 2 aromatic carbocycles. The molecule has 0 bridgehead atoms. The van der Waals surface area contributed by atoms with Gasteiger partial charge in [0.2, 0.25) is 0 Å². The second-order valence-corrected chi connectivity index (χ2v) is 4.57. The summed E-state index contributed by atoms with van der Waals surface area (Å²) >= 11 is 1.20. The van der Waals surface area contributed by atoms with Crippen molar-refractivity contribution in [3.05, 3.63) is 42.0 Å². The van der Waals surface area contributed by atoms with Gasteiger partial charge in [-0.3, -0.25) is 0 Å². The summed E-state index contributed by atoms with van der Waals surface area (Å²) in [5, 5.41) is 0. The second-order valence-electron chi connectivity index (χ2n) is 4.04. The Hall–Kier alpha value is -2.14. The fraction of sp³-hybridized carbons (Fsp3) is 0.0769. The molecule has 0 unspecified atom stereocenters. The van der Waals surface area contributed by atoms with Gasteiger partial charge in [-0.25, -0.2) is 0 Å². The molecule has 0 amide bonds. The number of hydrogen-bond donors (Lipinski definition) is 1. The van der Waals surface area contributed by atoms with Gasteiger partial charge >= 0.3 is 0 Å². The molecular formula is C13H11N3OS. The van der Waals surface area contributed by atoms with Crippen molar-refractivity contribution in [2.24, 2.45) is 0 Å². The van der Waals surface area contributed by atoms with Crippen molar-refractivity contribution in [2.45, 2.75) is 6.92 Å². The number of benzene rings is 2.